The van der Waals surface area contributed by atoms with Gasteiger partial charge in [0, 0.05) is 61.2 Å². The van der Waals surface area contributed by atoms with Crippen molar-refractivity contribution in [2.45, 2.75) is 26.8 Å². The standard InChI is InChI=1S/C69H37F15N6/c1-28-10-4-7-13-31(28)46-34-16-22-40(85-34)49(52-55(70)61(76)67(82)62(77)56(52)71)42-24-18-36(87-42)47(32-14-8-5-11-29(32)2)38-20-26-44(89-38)51(54-59(74)65(80)69(84)66(81)60(54)75)45-27-21-39(90-45)48(33-15-9-6-12-30(33)3)37-19-25-43(88-37)50(41-23-17-35(46)86-41)53-57(72)63(78)68(83)64(79)58(53)73/h4-27,40,85-86,89H,1-3H3/b46-34-,47-38-,48-39-,49-42-,50-43+,51-44+. The maximum Gasteiger partial charge on any atom is 0.200 e. The van der Waals surface area contributed by atoms with Crippen LogP contribution in [-0.2, 0) is 0 Å². The average Bonchev–Trinajstić information content (AvgIpc) is 1.55. The molecule has 6 aromatic carbocycles. The second-order valence-corrected chi connectivity index (χ2v) is 21.2. The van der Waals surface area contributed by atoms with Crippen molar-refractivity contribution < 1.29 is 65.9 Å². The van der Waals surface area contributed by atoms with Crippen LogP contribution in [0.5, 0.6) is 0 Å². The largest absolute Gasteiger partial charge is 0.374 e. The van der Waals surface area contributed by atoms with Gasteiger partial charge in [-0.1, -0.05) is 78.9 Å². The number of hydrogen-bond acceptors (Lipinski definition) is 4. The number of nitrogens with zero attached hydrogens (tertiary/aromatic N) is 3. The van der Waals surface area contributed by atoms with Gasteiger partial charge in [0.25, 0.3) is 0 Å². The van der Waals surface area contributed by atoms with E-state index in [9.17, 15) is 13.2 Å². The van der Waals surface area contributed by atoms with E-state index in [4.69, 9.17) is 15.0 Å². The molecule has 2 aromatic heterocycles. The van der Waals surface area contributed by atoms with Crippen molar-refractivity contribution in [3.8, 4) is 0 Å². The van der Waals surface area contributed by atoms with Gasteiger partial charge in [-0.2, -0.15) is 0 Å². The Hall–Kier alpha value is -10.7. The minimum absolute atomic E-state index is 0.0307. The maximum atomic E-state index is 16.6. The molecular formula is C69H37F15N6. The first kappa shape index (κ1) is 58.3. The third-order valence-corrected chi connectivity index (χ3v) is 15.9. The van der Waals surface area contributed by atoms with Crippen molar-refractivity contribution in [1.29, 1.82) is 0 Å². The van der Waals surface area contributed by atoms with E-state index in [1.165, 1.54) is 72.9 Å². The first-order chi connectivity index (χ1) is 43.1. The Morgan fingerprint density at radius 1 is 0.311 bits per heavy atom. The van der Waals surface area contributed by atoms with E-state index in [0.29, 0.717) is 33.4 Å². The molecule has 3 N–H and O–H groups in total. The molecule has 0 radical (unpaired) electrons. The number of halogens is 15. The number of fused-ring (bicyclic) bond motifs is 9. The second kappa shape index (κ2) is 22.2. The number of rotatable bonds is 6. The predicted molar refractivity (Wildman–Crippen MR) is 310 cm³/mol. The van der Waals surface area contributed by atoms with Crippen molar-refractivity contribution in [3.05, 3.63) is 328 Å². The van der Waals surface area contributed by atoms with Crippen LogP contribution in [0, 0.1) is 108 Å². The summed E-state index contributed by atoms with van der Waals surface area (Å²) in [4.78, 5) is 20.4. The molecule has 0 saturated carbocycles. The number of H-pyrrole nitrogens is 2. The van der Waals surface area contributed by atoms with Gasteiger partial charge in [0.05, 0.1) is 57.0 Å². The van der Waals surface area contributed by atoms with Gasteiger partial charge in [0.15, 0.2) is 69.8 Å². The zero-order chi connectivity index (χ0) is 63.5. The fourth-order valence-corrected chi connectivity index (χ4v) is 11.6. The second-order valence-electron chi connectivity index (χ2n) is 21.2. The number of nitrogens with one attached hydrogen (secondary N) is 3. The van der Waals surface area contributed by atoms with E-state index in [-0.39, 0.29) is 67.3 Å². The Bertz CT molecular complexity index is 4990. The monoisotopic (exact) mass is 1230 g/mol. The van der Waals surface area contributed by atoms with Gasteiger partial charge < -0.3 is 15.3 Å². The van der Waals surface area contributed by atoms with Gasteiger partial charge in [-0.25, -0.2) is 80.8 Å². The lowest BCUT2D eigenvalue weighted by Gasteiger charge is -2.21. The first-order valence-electron chi connectivity index (χ1n) is 27.2. The maximum absolute atomic E-state index is 16.6. The van der Waals surface area contributed by atoms with Crippen LogP contribution in [0.15, 0.2) is 183 Å². The lowest BCUT2D eigenvalue weighted by atomic mass is 9.94. The molecule has 448 valence electrons. The summed E-state index contributed by atoms with van der Waals surface area (Å²) in [5.74, 6) is -34.9. The number of aromatic amines is 2. The smallest absolute Gasteiger partial charge is 0.200 e. The van der Waals surface area contributed by atoms with Gasteiger partial charge in [0.2, 0.25) is 17.5 Å². The van der Waals surface area contributed by atoms with Crippen molar-refractivity contribution in [2.24, 2.45) is 15.0 Å². The normalized spacial score (nSPS) is 20.7. The van der Waals surface area contributed by atoms with Crippen molar-refractivity contribution in [1.82, 2.24) is 15.3 Å². The van der Waals surface area contributed by atoms with E-state index in [2.05, 4.69) is 15.3 Å². The fourth-order valence-electron chi connectivity index (χ4n) is 11.6. The fraction of sp³-hybridized carbons (Fsp3) is 0.0580. The summed E-state index contributed by atoms with van der Waals surface area (Å²) < 4.78 is 237. The van der Waals surface area contributed by atoms with E-state index in [0.717, 1.165) is 0 Å². The molecular weight excluding hydrogens is 1200 g/mol. The average molecular weight is 1240 g/mol. The molecule has 0 aliphatic carbocycles. The van der Waals surface area contributed by atoms with E-state index in [1.54, 1.807) is 93.6 Å². The van der Waals surface area contributed by atoms with Crippen molar-refractivity contribution >= 4 is 50.6 Å². The Balaban J connectivity index is 1.20. The summed E-state index contributed by atoms with van der Waals surface area (Å²) in [5.41, 5.74) is -4.70. The summed E-state index contributed by atoms with van der Waals surface area (Å²) in [6, 6.07) is 23.6. The number of aromatic nitrogens is 2. The number of allylic oxidation sites excluding steroid dienone is 8. The van der Waals surface area contributed by atoms with Gasteiger partial charge in [0.1, 0.15) is 0 Å². The Kier molecular flexibility index (Phi) is 14.4. The highest BCUT2D eigenvalue weighted by atomic mass is 19.2. The van der Waals surface area contributed by atoms with Gasteiger partial charge in [-0.3, -0.25) is 0 Å². The van der Waals surface area contributed by atoms with Crippen LogP contribution < -0.4 is 16.0 Å². The summed E-state index contributed by atoms with van der Waals surface area (Å²) >= 11 is 0. The lowest BCUT2D eigenvalue weighted by molar-refractivity contribution is 0.376. The predicted octanol–water partition coefficient (Wildman–Crippen LogP) is 15.4. The molecule has 90 heavy (non-hydrogen) atoms. The molecule has 0 fully saturated rings. The van der Waals surface area contributed by atoms with Crippen LogP contribution in [0.4, 0.5) is 65.9 Å². The van der Waals surface area contributed by atoms with Crippen LogP contribution in [-0.4, -0.2) is 33.1 Å². The van der Waals surface area contributed by atoms with E-state index >= 15 is 52.7 Å². The summed E-state index contributed by atoms with van der Waals surface area (Å²) in [6.07, 6.45) is 10.4. The van der Waals surface area contributed by atoms with Crippen LogP contribution in [0.1, 0.15) is 61.5 Å². The minimum Gasteiger partial charge on any atom is -0.374 e. The quantitative estimate of drug-likeness (QED) is 0.0865. The molecule has 5 aliphatic rings. The zero-order valence-electron chi connectivity index (χ0n) is 46.4. The molecule has 6 nitrogen and oxygen atoms in total. The van der Waals surface area contributed by atoms with E-state index < -0.39 is 138 Å². The molecule has 7 heterocycles. The van der Waals surface area contributed by atoms with Gasteiger partial charge in [-0.05, 0) is 121 Å². The van der Waals surface area contributed by atoms with Crippen LogP contribution >= 0.6 is 0 Å². The summed E-state index contributed by atoms with van der Waals surface area (Å²) in [7, 11) is 0. The van der Waals surface area contributed by atoms with Crippen molar-refractivity contribution in [2.75, 3.05) is 0 Å². The van der Waals surface area contributed by atoms with Crippen LogP contribution in [0.3, 0.4) is 0 Å². The molecule has 0 amide bonds. The molecule has 5 aliphatic heterocycles. The minimum atomic E-state index is -2.48. The van der Waals surface area contributed by atoms with Crippen molar-refractivity contribution in [3.63, 3.8) is 0 Å². The number of aryl methyl sites for hydroxylation is 3. The molecule has 12 bridgehead atoms. The highest BCUT2D eigenvalue weighted by Gasteiger charge is 2.38. The lowest BCUT2D eigenvalue weighted by Crippen LogP contribution is -2.26. The Morgan fingerprint density at radius 3 is 1.16 bits per heavy atom. The number of aliphatic imine (C=N–C) groups is 3. The highest BCUT2D eigenvalue weighted by Crippen LogP contribution is 2.43. The first-order valence-corrected chi connectivity index (χ1v) is 27.2. The zero-order valence-corrected chi connectivity index (χ0v) is 46.4. The highest BCUT2D eigenvalue weighted by molar-refractivity contribution is 6.35. The van der Waals surface area contributed by atoms with Gasteiger partial charge in [-0.15, -0.1) is 0 Å². The Labute approximate surface area is 499 Å². The molecule has 0 saturated heterocycles. The molecule has 13 rings (SSSR count). The molecule has 1 atom stereocenters. The summed E-state index contributed by atoms with van der Waals surface area (Å²) in [6.45, 7) is 5.09. The number of benzene rings is 6. The number of hydrogen-bond donors (Lipinski definition) is 3. The third-order valence-electron chi connectivity index (χ3n) is 15.9. The van der Waals surface area contributed by atoms with Crippen LogP contribution in [0.25, 0.3) is 33.4 Å². The van der Waals surface area contributed by atoms with Crippen LogP contribution in [0.2, 0.25) is 0 Å². The van der Waals surface area contributed by atoms with E-state index in [1.807, 2.05) is 0 Å². The third kappa shape index (κ3) is 9.27. The summed E-state index contributed by atoms with van der Waals surface area (Å²) in [5, 5.41) is 2.83. The molecule has 0 spiro atoms. The molecule has 21 heteroatoms. The topological polar surface area (TPSA) is 80.7 Å². The molecule has 1 unspecified atom stereocenters. The SMILES string of the molecule is Cc1ccccc1/C1=C2\C=CC(=N2)/C(c2c(F)c(F)c(F)c(F)c2F)=c2/cc/c([nH]2)=C(\c2ccccc2C)C2=N/C(=C(\c3c(F)c(F)c(F)c(F)c3F)C3C=C/C(=C(\c4ccccc4C)c4ccc([nH]4)/C(c4c(F)c(F)c(F)c(F)c4F)=C4/C=CC1=N4)N3)C=C2. The molecule has 8 aromatic rings. The van der Waals surface area contributed by atoms with Gasteiger partial charge >= 0.3 is 0 Å². The Morgan fingerprint density at radius 2 is 0.667 bits per heavy atom.